The van der Waals surface area contributed by atoms with Crippen molar-refractivity contribution in [2.45, 2.75) is 24.9 Å². The first-order valence-electron chi connectivity index (χ1n) is 8.42. The Morgan fingerprint density at radius 1 is 1.17 bits per heavy atom. The Hall–Kier alpha value is -2.56. The van der Waals surface area contributed by atoms with E-state index in [0.717, 1.165) is 36.3 Å². The number of nitrogens with zero attached hydrogens (tertiary/aromatic N) is 2. The number of hydrogen-bond donors (Lipinski definition) is 1. The van der Waals surface area contributed by atoms with E-state index in [1.54, 1.807) is 0 Å². The summed E-state index contributed by atoms with van der Waals surface area (Å²) in [5.41, 5.74) is 3.37. The van der Waals surface area contributed by atoms with E-state index >= 15 is 0 Å². The zero-order valence-corrected chi connectivity index (χ0v) is 13.6. The number of hydrogen-bond acceptors (Lipinski definition) is 4. The summed E-state index contributed by atoms with van der Waals surface area (Å²) in [5, 5.41) is 3.45. The summed E-state index contributed by atoms with van der Waals surface area (Å²) in [5.74, 6) is 0. The molecule has 124 valence electrons. The van der Waals surface area contributed by atoms with Gasteiger partial charge in [-0.2, -0.15) is 0 Å². The van der Waals surface area contributed by atoms with E-state index in [2.05, 4.69) is 16.4 Å². The fraction of sp³-hybridized carbons (Fsp3) is 0.368. The van der Waals surface area contributed by atoms with Crippen LogP contribution in [0.4, 0.5) is 10.5 Å². The average Bonchev–Trinajstić information content (AvgIpc) is 3.00. The van der Waals surface area contributed by atoms with Gasteiger partial charge >= 0.3 is 6.09 Å². The first kappa shape index (κ1) is 15.0. The first-order valence-corrected chi connectivity index (χ1v) is 8.42. The van der Waals surface area contributed by atoms with Crippen LogP contribution < -0.4 is 5.32 Å². The molecular weight excluding hydrogens is 302 g/mol. The molecule has 4 rings (SSSR count). The molecule has 1 fully saturated rings. The van der Waals surface area contributed by atoms with Gasteiger partial charge in [0.25, 0.3) is 0 Å². The summed E-state index contributed by atoms with van der Waals surface area (Å²) in [6.45, 7) is 2.66. The Morgan fingerprint density at radius 2 is 1.96 bits per heavy atom. The number of rotatable bonds is 2. The molecule has 5 nitrogen and oxygen atoms in total. The number of amides is 1. The van der Waals surface area contributed by atoms with Gasteiger partial charge in [0.05, 0.1) is 11.4 Å². The Morgan fingerprint density at radius 3 is 2.75 bits per heavy atom. The van der Waals surface area contributed by atoms with Crippen LogP contribution in [0, 0.1) is 0 Å². The molecule has 1 amide bonds. The van der Waals surface area contributed by atoms with Crippen LogP contribution >= 0.6 is 0 Å². The fourth-order valence-corrected chi connectivity index (χ4v) is 3.66. The van der Waals surface area contributed by atoms with E-state index in [1.165, 1.54) is 0 Å². The monoisotopic (exact) mass is 323 g/mol. The normalized spacial score (nSPS) is 18.1. The van der Waals surface area contributed by atoms with Gasteiger partial charge in [-0.1, -0.05) is 30.3 Å². The molecule has 0 aliphatic carbocycles. The zero-order chi connectivity index (χ0) is 16.4. The fourth-order valence-electron chi connectivity index (χ4n) is 3.66. The number of nitrogens with one attached hydrogen (secondary N) is 1. The minimum Gasteiger partial charge on any atom is -0.445 e. The van der Waals surface area contributed by atoms with Crippen molar-refractivity contribution < 1.29 is 9.53 Å². The maximum absolute atomic E-state index is 12.3. The number of fused-ring (bicyclic) bond motifs is 2. The second kappa shape index (κ2) is 6.15. The lowest BCUT2D eigenvalue weighted by Crippen LogP contribution is -2.46. The number of piperidine rings is 1. The second-order valence-corrected chi connectivity index (χ2v) is 6.56. The molecule has 1 aromatic heterocycles. The molecule has 1 N–H and O–H groups in total. The molecule has 5 heteroatoms. The molecule has 1 spiro atoms. The lowest BCUT2D eigenvalue weighted by atomic mass is 9.77. The van der Waals surface area contributed by atoms with E-state index in [9.17, 15) is 4.79 Å². The predicted molar refractivity (Wildman–Crippen MR) is 91.8 cm³/mol. The number of aromatic nitrogens is 1. The van der Waals surface area contributed by atoms with Crippen molar-refractivity contribution in [2.75, 3.05) is 25.0 Å². The van der Waals surface area contributed by atoms with E-state index in [0.29, 0.717) is 19.7 Å². The molecule has 2 aliphatic heterocycles. The zero-order valence-electron chi connectivity index (χ0n) is 13.6. The number of anilines is 1. The average molecular weight is 323 g/mol. The highest BCUT2D eigenvalue weighted by molar-refractivity contribution is 5.68. The number of pyridine rings is 1. The quantitative estimate of drug-likeness (QED) is 0.922. The van der Waals surface area contributed by atoms with Crippen LogP contribution in [-0.4, -0.2) is 35.6 Å². The molecule has 2 aromatic rings. The van der Waals surface area contributed by atoms with Gasteiger partial charge in [0.1, 0.15) is 6.61 Å². The molecule has 2 aliphatic rings. The largest absolute Gasteiger partial charge is 0.445 e. The van der Waals surface area contributed by atoms with Gasteiger partial charge in [-0.3, -0.25) is 4.98 Å². The number of carbonyl (C=O) groups excluding carboxylic acids is 1. The molecule has 1 aromatic carbocycles. The lowest BCUT2D eigenvalue weighted by Gasteiger charge is -2.38. The molecule has 0 saturated carbocycles. The van der Waals surface area contributed by atoms with Crippen molar-refractivity contribution in [2.24, 2.45) is 0 Å². The first-order chi connectivity index (χ1) is 11.8. The molecule has 1 saturated heterocycles. The van der Waals surface area contributed by atoms with E-state index in [4.69, 9.17) is 4.74 Å². The topological polar surface area (TPSA) is 54.5 Å². The highest BCUT2D eigenvalue weighted by Crippen LogP contribution is 2.42. The molecular formula is C19H21N3O2. The minimum absolute atomic E-state index is 0.0623. The summed E-state index contributed by atoms with van der Waals surface area (Å²) in [6.07, 6.45) is 3.48. The maximum atomic E-state index is 12.3. The van der Waals surface area contributed by atoms with Crippen molar-refractivity contribution >= 4 is 11.8 Å². The molecule has 0 radical (unpaired) electrons. The van der Waals surface area contributed by atoms with Crippen LogP contribution in [0.1, 0.15) is 24.1 Å². The standard InChI is InChI=1S/C19H21N3O2/c23-18(24-13-15-5-2-1-3-6-15)22-11-8-19(9-12-22)14-21-16-7-4-10-20-17(16)19/h1-7,10,21H,8-9,11-14H2. The van der Waals surface area contributed by atoms with Gasteiger partial charge in [0, 0.05) is 31.2 Å². The summed E-state index contributed by atoms with van der Waals surface area (Å²) in [4.78, 5) is 18.7. The van der Waals surface area contributed by atoms with Gasteiger partial charge < -0.3 is 15.0 Å². The van der Waals surface area contributed by atoms with Gasteiger partial charge in [-0.25, -0.2) is 4.79 Å². The van der Waals surface area contributed by atoms with Crippen LogP contribution in [0.15, 0.2) is 48.7 Å². The van der Waals surface area contributed by atoms with Crippen LogP contribution in [-0.2, 0) is 16.8 Å². The van der Waals surface area contributed by atoms with Crippen LogP contribution in [0.3, 0.4) is 0 Å². The summed E-state index contributed by atoms with van der Waals surface area (Å²) in [7, 11) is 0. The second-order valence-electron chi connectivity index (χ2n) is 6.56. The molecule has 3 heterocycles. The summed E-state index contributed by atoms with van der Waals surface area (Å²) < 4.78 is 5.44. The van der Waals surface area contributed by atoms with Crippen LogP contribution in [0.2, 0.25) is 0 Å². The van der Waals surface area contributed by atoms with Crippen molar-refractivity contribution in [3.8, 4) is 0 Å². The number of benzene rings is 1. The number of carbonyl (C=O) groups is 1. The third kappa shape index (κ3) is 2.70. The van der Waals surface area contributed by atoms with Crippen molar-refractivity contribution in [1.82, 2.24) is 9.88 Å². The Labute approximate surface area is 141 Å². The maximum Gasteiger partial charge on any atom is 0.410 e. The van der Waals surface area contributed by atoms with Crippen molar-refractivity contribution in [3.63, 3.8) is 0 Å². The predicted octanol–water partition coefficient (Wildman–Crippen LogP) is 3.18. The van der Waals surface area contributed by atoms with Crippen molar-refractivity contribution in [1.29, 1.82) is 0 Å². The smallest absolute Gasteiger partial charge is 0.410 e. The summed E-state index contributed by atoms with van der Waals surface area (Å²) in [6, 6.07) is 13.8. The Bertz CT molecular complexity index is 724. The van der Waals surface area contributed by atoms with Gasteiger partial charge in [0.2, 0.25) is 0 Å². The van der Waals surface area contributed by atoms with E-state index in [-0.39, 0.29) is 11.5 Å². The highest BCUT2D eigenvalue weighted by Gasteiger charge is 2.43. The molecule has 24 heavy (non-hydrogen) atoms. The van der Waals surface area contributed by atoms with Crippen LogP contribution in [0.25, 0.3) is 0 Å². The van der Waals surface area contributed by atoms with Crippen LogP contribution in [0.5, 0.6) is 0 Å². The number of likely N-dealkylation sites (tertiary alicyclic amines) is 1. The minimum atomic E-state index is -0.221. The summed E-state index contributed by atoms with van der Waals surface area (Å²) >= 11 is 0. The Kier molecular flexibility index (Phi) is 3.84. The lowest BCUT2D eigenvalue weighted by molar-refractivity contribution is 0.0790. The van der Waals surface area contributed by atoms with Crippen molar-refractivity contribution in [3.05, 3.63) is 59.9 Å². The van der Waals surface area contributed by atoms with E-state index in [1.807, 2.05) is 47.5 Å². The molecule has 0 atom stereocenters. The molecule has 0 unspecified atom stereocenters. The Balaban J connectivity index is 1.36. The molecule has 0 bridgehead atoms. The number of ether oxygens (including phenoxy) is 1. The third-order valence-corrected chi connectivity index (χ3v) is 5.11. The van der Waals surface area contributed by atoms with Gasteiger partial charge in [-0.05, 0) is 30.5 Å². The van der Waals surface area contributed by atoms with E-state index < -0.39 is 0 Å². The third-order valence-electron chi connectivity index (χ3n) is 5.11. The highest BCUT2D eigenvalue weighted by atomic mass is 16.6. The van der Waals surface area contributed by atoms with Gasteiger partial charge in [0.15, 0.2) is 0 Å². The van der Waals surface area contributed by atoms with Gasteiger partial charge in [-0.15, -0.1) is 0 Å². The SMILES string of the molecule is O=C(OCc1ccccc1)N1CCC2(CC1)CNc1cccnc12.